The molecule has 0 amide bonds. The fraction of sp³-hybridized carbons (Fsp3) is 0.357. The van der Waals surface area contributed by atoms with Crippen molar-refractivity contribution < 1.29 is 13.5 Å². The predicted molar refractivity (Wildman–Crippen MR) is 75.4 cm³/mol. The summed E-state index contributed by atoms with van der Waals surface area (Å²) in [5, 5.41) is 3.64. The minimum atomic E-state index is -0.379. The average molecular weight is 299 g/mol. The second kappa shape index (κ2) is 7.38. The van der Waals surface area contributed by atoms with Crippen molar-refractivity contribution in [3.05, 3.63) is 41.1 Å². The SMILES string of the molecule is COCCNCCc1ncc(-c2cc(Cl)ccc2F)o1. The van der Waals surface area contributed by atoms with Gasteiger partial charge in [-0.2, -0.15) is 0 Å². The summed E-state index contributed by atoms with van der Waals surface area (Å²) in [4.78, 5) is 4.13. The molecule has 108 valence electrons. The average Bonchev–Trinajstić information content (AvgIpc) is 2.90. The lowest BCUT2D eigenvalue weighted by Crippen LogP contribution is -2.21. The molecule has 0 spiro atoms. The minimum Gasteiger partial charge on any atom is -0.441 e. The van der Waals surface area contributed by atoms with Crippen LogP contribution >= 0.6 is 11.6 Å². The normalized spacial score (nSPS) is 10.9. The Balaban J connectivity index is 1.96. The maximum Gasteiger partial charge on any atom is 0.196 e. The Bertz CT molecular complexity index is 560. The van der Waals surface area contributed by atoms with Gasteiger partial charge in [-0.25, -0.2) is 9.37 Å². The molecule has 0 radical (unpaired) electrons. The molecule has 1 N–H and O–H groups in total. The Kier molecular flexibility index (Phi) is 5.52. The lowest BCUT2D eigenvalue weighted by molar-refractivity contribution is 0.199. The van der Waals surface area contributed by atoms with Crippen molar-refractivity contribution in [2.45, 2.75) is 6.42 Å². The molecule has 0 saturated carbocycles. The summed E-state index contributed by atoms with van der Waals surface area (Å²) in [6.45, 7) is 2.15. The first kappa shape index (κ1) is 15.0. The van der Waals surface area contributed by atoms with Crippen LogP contribution in [0.1, 0.15) is 5.89 Å². The van der Waals surface area contributed by atoms with Crippen LogP contribution in [0.2, 0.25) is 5.02 Å². The number of nitrogens with zero attached hydrogens (tertiary/aromatic N) is 1. The number of aromatic nitrogens is 1. The van der Waals surface area contributed by atoms with Crippen molar-refractivity contribution >= 4 is 11.6 Å². The Morgan fingerprint density at radius 1 is 1.40 bits per heavy atom. The Morgan fingerprint density at radius 3 is 3.05 bits per heavy atom. The van der Waals surface area contributed by atoms with E-state index < -0.39 is 0 Å². The van der Waals surface area contributed by atoms with E-state index in [1.54, 1.807) is 7.11 Å². The third-order valence-electron chi connectivity index (χ3n) is 2.75. The van der Waals surface area contributed by atoms with Crippen LogP contribution in [0.15, 0.2) is 28.8 Å². The van der Waals surface area contributed by atoms with Gasteiger partial charge < -0.3 is 14.5 Å². The lowest BCUT2D eigenvalue weighted by Gasteiger charge is -2.01. The highest BCUT2D eigenvalue weighted by Gasteiger charge is 2.11. The van der Waals surface area contributed by atoms with E-state index in [4.69, 9.17) is 20.8 Å². The molecule has 6 heteroatoms. The Hall–Kier alpha value is -1.43. The largest absolute Gasteiger partial charge is 0.441 e. The van der Waals surface area contributed by atoms with Gasteiger partial charge in [0.2, 0.25) is 0 Å². The van der Waals surface area contributed by atoms with E-state index >= 15 is 0 Å². The van der Waals surface area contributed by atoms with Crippen molar-refractivity contribution in [3.63, 3.8) is 0 Å². The zero-order valence-electron chi connectivity index (χ0n) is 11.2. The van der Waals surface area contributed by atoms with Crippen molar-refractivity contribution in [1.82, 2.24) is 10.3 Å². The highest BCUT2D eigenvalue weighted by Crippen LogP contribution is 2.26. The molecule has 1 aromatic heterocycles. The van der Waals surface area contributed by atoms with Crippen LogP contribution in [-0.2, 0) is 11.2 Å². The number of hydrogen-bond donors (Lipinski definition) is 1. The van der Waals surface area contributed by atoms with E-state index in [1.165, 1.54) is 24.4 Å². The van der Waals surface area contributed by atoms with Gasteiger partial charge in [0.05, 0.1) is 18.4 Å². The monoisotopic (exact) mass is 298 g/mol. The highest BCUT2D eigenvalue weighted by molar-refractivity contribution is 6.30. The fourth-order valence-corrected chi connectivity index (χ4v) is 1.90. The molecule has 2 rings (SSSR count). The number of rotatable bonds is 7. The standard InChI is InChI=1S/C14H16ClFN2O2/c1-19-7-6-17-5-4-14-18-9-13(20-14)11-8-10(15)2-3-12(11)16/h2-3,8-9,17H,4-7H2,1H3. The predicted octanol–water partition coefficient (Wildman–Crippen LogP) is 2.91. The van der Waals surface area contributed by atoms with E-state index in [1.807, 2.05) is 0 Å². The van der Waals surface area contributed by atoms with Gasteiger partial charge in [0.1, 0.15) is 5.82 Å². The number of hydrogen-bond acceptors (Lipinski definition) is 4. The quantitative estimate of drug-likeness (QED) is 0.799. The summed E-state index contributed by atoms with van der Waals surface area (Å²) in [5.74, 6) is 0.566. The van der Waals surface area contributed by atoms with Crippen LogP contribution in [0.5, 0.6) is 0 Å². The smallest absolute Gasteiger partial charge is 0.196 e. The molecule has 0 bridgehead atoms. The van der Waals surface area contributed by atoms with Gasteiger partial charge in [-0.15, -0.1) is 0 Å². The van der Waals surface area contributed by atoms with Gasteiger partial charge >= 0.3 is 0 Å². The number of methoxy groups -OCH3 is 1. The van der Waals surface area contributed by atoms with Crippen LogP contribution in [0.3, 0.4) is 0 Å². The van der Waals surface area contributed by atoms with E-state index in [0.29, 0.717) is 35.3 Å². The van der Waals surface area contributed by atoms with Gasteiger partial charge in [-0.3, -0.25) is 0 Å². The maximum absolute atomic E-state index is 13.7. The van der Waals surface area contributed by atoms with Crippen LogP contribution in [0, 0.1) is 5.82 Å². The molecule has 1 aromatic carbocycles. The Labute approximate surface area is 121 Å². The third kappa shape index (κ3) is 4.03. The third-order valence-corrected chi connectivity index (χ3v) is 2.98. The van der Waals surface area contributed by atoms with Crippen LogP contribution in [0.4, 0.5) is 4.39 Å². The number of halogens is 2. The van der Waals surface area contributed by atoms with Gasteiger partial charge in [-0.1, -0.05) is 11.6 Å². The summed E-state index contributed by atoms with van der Waals surface area (Å²) < 4.78 is 24.1. The molecule has 0 atom stereocenters. The highest BCUT2D eigenvalue weighted by atomic mass is 35.5. The molecule has 0 aliphatic rings. The van der Waals surface area contributed by atoms with Crippen LogP contribution in [0.25, 0.3) is 11.3 Å². The summed E-state index contributed by atoms with van der Waals surface area (Å²) in [6, 6.07) is 4.33. The van der Waals surface area contributed by atoms with Crippen LogP contribution < -0.4 is 5.32 Å². The first-order valence-corrected chi connectivity index (χ1v) is 6.68. The number of benzene rings is 1. The maximum atomic E-state index is 13.7. The molecular formula is C14H16ClFN2O2. The van der Waals surface area contributed by atoms with Crippen molar-refractivity contribution in [2.75, 3.05) is 26.8 Å². The van der Waals surface area contributed by atoms with Crippen molar-refractivity contribution in [1.29, 1.82) is 0 Å². The van der Waals surface area contributed by atoms with Gasteiger partial charge in [-0.05, 0) is 18.2 Å². The lowest BCUT2D eigenvalue weighted by atomic mass is 10.2. The van der Waals surface area contributed by atoms with Crippen molar-refractivity contribution in [2.24, 2.45) is 0 Å². The van der Waals surface area contributed by atoms with Crippen LogP contribution in [-0.4, -0.2) is 31.8 Å². The second-order valence-corrected chi connectivity index (χ2v) is 4.67. The molecule has 0 unspecified atom stereocenters. The second-order valence-electron chi connectivity index (χ2n) is 4.24. The molecule has 0 saturated heterocycles. The molecule has 1 heterocycles. The van der Waals surface area contributed by atoms with E-state index in [9.17, 15) is 4.39 Å². The van der Waals surface area contributed by atoms with E-state index in [0.717, 1.165) is 13.1 Å². The van der Waals surface area contributed by atoms with E-state index in [-0.39, 0.29) is 5.82 Å². The molecule has 20 heavy (non-hydrogen) atoms. The number of ether oxygens (including phenoxy) is 1. The summed E-state index contributed by atoms with van der Waals surface area (Å²) in [5.41, 5.74) is 0.323. The molecule has 0 aliphatic carbocycles. The number of nitrogens with one attached hydrogen (secondary N) is 1. The molecular weight excluding hydrogens is 283 g/mol. The minimum absolute atomic E-state index is 0.323. The zero-order chi connectivity index (χ0) is 14.4. The summed E-state index contributed by atoms with van der Waals surface area (Å²) >= 11 is 5.86. The van der Waals surface area contributed by atoms with Gasteiger partial charge in [0, 0.05) is 31.6 Å². The first-order valence-electron chi connectivity index (χ1n) is 6.30. The Morgan fingerprint density at radius 2 is 2.25 bits per heavy atom. The molecule has 0 aliphatic heterocycles. The van der Waals surface area contributed by atoms with Gasteiger partial charge in [0.25, 0.3) is 0 Å². The zero-order valence-corrected chi connectivity index (χ0v) is 11.9. The molecule has 0 fully saturated rings. The number of oxazole rings is 1. The topological polar surface area (TPSA) is 47.3 Å². The van der Waals surface area contributed by atoms with Gasteiger partial charge in [0.15, 0.2) is 11.7 Å². The summed E-state index contributed by atoms with van der Waals surface area (Å²) in [6.07, 6.45) is 2.14. The van der Waals surface area contributed by atoms with E-state index in [2.05, 4.69) is 10.3 Å². The first-order chi connectivity index (χ1) is 9.70. The van der Waals surface area contributed by atoms with Crippen molar-refractivity contribution in [3.8, 4) is 11.3 Å². The molecule has 4 nitrogen and oxygen atoms in total. The fourth-order valence-electron chi connectivity index (χ4n) is 1.73. The molecule has 2 aromatic rings. The summed E-state index contributed by atoms with van der Waals surface area (Å²) in [7, 11) is 1.65.